The van der Waals surface area contributed by atoms with Gasteiger partial charge in [-0.25, -0.2) is 9.07 Å². The molecule has 0 aliphatic carbocycles. The third kappa shape index (κ3) is 4.65. The third-order valence-electron chi connectivity index (χ3n) is 3.54. The van der Waals surface area contributed by atoms with Gasteiger partial charge in [-0.1, -0.05) is 11.3 Å². The first kappa shape index (κ1) is 20.2. The maximum absolute atomic E-state index is 13.6. The molecule has 0 bridgehead atoms. The van der Waals surface area contributed by atoms with E-state index in [4.69, 9.17) is 0 Å². The Balaban J connectivity index is 1.94. The lowest BCUT2D eigenvalue weighted by molar-refractivity contribution is -0.143. The number of nitrogens with one attached hydrogen (secondary N) is 1. The van der Waals surface area contributed by atoms with E-state index in [1.807, 2.05) is 0 Å². The Labute approximate surface area is 158 Å². The Hall–Kier alpha value is -3.57. The molecular formula is C17H10F6N4O2. The zero-order valence-corrected chi connectivity index (χ0v) is 14.1. The van der Waals surface area contributed by atoms with E-state index in [0.29, 0.717) is 4.68 Å². The Bertz CT molecular complexity index is 1020. The van der Waals surface area contributed by atoms with Crippen LogP contribution in [0.25, 0.3) is 5.69 Å². The summed E-state index contributed by atoms with van der Waals surface area (Å²) >= 11 is 0. The van der Waals surface area contributed by atoms with Crippen molar-refractivity contribution in [3.63, 3.8) is 0 Å². The van der Waals surface area contributed by atoms with Gasteiger partial charge in [0, 0.05) is 11.8 Å². The number of benzene rings is 2. The van der Waals surface area contributed by atoms with E-state index in [-0.39, 0.29) is 17.1 Å². The first-order chi connectivity index (χ1) is 13.6. The fourth-order valence-corrected chi connectivity index (χ4v) is 2.39. The van der Waals surface area contributed by atoms with Crippen LogP contribution in [0.5, 0.6) is 5.75 Å². The number of amides is 1. The molecule has 1 amide bonds. The fourth-order valence-electron chi connectivity index (χ4n) is 2.39. The molecule has 0 saturated carbocycles. The molecule has 6 nitrogen and oxygen atoms in total. The molecule has 0 atom stereocenters. The molecule has 0 fully saturated rings. The molecule has 3 rings (SSSR count). The second-order valence-corrected chi connectivity index (χ2v) is 5.53. The SMILES string of the molecule is O=C(Nc1cccc(OC(F)F)c1)c1nnn(-c2ccc(F)cc2)c1C(F)(F)F. The number of hydrogen-bond acceptors (Lipinski definition) is 4. The highest BCUT2D eigenvalue weighted by atomic mass is 19.4. The molecule has 0 spiro atoms. The number of aromatic nitrogens is 3. The van der Waals surface area contributed by atoms with Crippen LogP contribution in [0.1, 0.15) is 16.2 Å². The van der Waals surface area contributed by atoms with Gasteiger partial charge in [0.15, 0.2) is 11.4 Å². The molecule has 2 aromatic carbocycles. The van der Waals surface area contributed by atoms with Gasteiger partial charge in [-0.15, -0.1) is 5.10 Å². The average molecular weight is 416 g/mol. The molecule has 1 aromatic heterocycles. The number of carbonyl (C=O) groups is 1. The number of halogens is 6. The second-order valence-electron chi connectivity index (χ2n) is 5.53. The molecule has 0 radical (unpaired) electrons. The van der Waals surface area contributed by atoms with Gasteiger partial charge < -0.3 is 10.1 Å². The van der Waals surface area contributed by atoms with Crippen LogP contribution in [0, 0.1) is 5.82 Å². The molecule has 29 heavy (non-hydrogen) atoms. The molecule has 152 valence electrons. The van der Waals surface area contributed by atoms with Crippen molar-refractivity contribution in [2.45, 2.75) is 12.8 Å². The molecule has 3 aromatic rings. The lowest BCUT2D eigenvalue weighted by Crippen LogP contribution is -2.21. The van der Waals surface area contributed by atoms with Gasteiger partial charge in [0.1, 0.15) is 11.6 Å². The second kappa shape index (κ2) is 7.81. The van der Waals surface area contributed by atoms with Gasteiger partial charge in [-0.3, -0.25) is 4.79 Å². The van der Waals surface area contributed by atoms with Crippen LogP contribution in [-0.4, -0.2) is 27.5 Å². The zero-order valence-electron chi connectivity index (χ0n) is 14.1. The Morgan fingerprint density at radius 2 is 1.79 bits per heavy atom. The molecular weight excluding hydrogens is 406 g/mol. The molecule has 0 aliphatic rings. The number of ether oxygens (including phenoxy) is 1. The highest BCUT2D eigenvalue weighted by molar-refractivity contribution is 6.03. The van der Waals surface area contributed by atoms with Gasteiger partial charge in [-0.05, 0) is 36.4 Å². The Morgan fingerprint density at radius 3 is 2.41 bits per heavy atom. The maximum atomic E-state index is 13.6. The number of carbonyl (C=O) groups excluding carboxylic acids is 1. The number of anilines is 1. The molecule has 0 aliphatic heterocycles. The topological polar surface area (TPSA) is 69.0 Å². The van der Waals surface area contributed by atoms with E-state index in [9.17, 15) is 31.1 Å². The van der Waals surface area contributed by atoms with Crippen LogP contribution in [0.3, 0.4) is 0 Å². The summed E-state index contributed by atoms with van der Waals surface area (Å²) in [7, 11) is 0. The van der Waals surface area contributed by atoms with E-state index in [0.717, 1.165) is 30.3 Å². The van der Waals surface area contributed by atoms with E-state index in [1.165, 1.54) is 18.2 Å². The first-order valence-electron chi connectivity index (χ1n) is 7.80. The highest BCUT2D eigenvalue weighted by Crippen LogP contribution is 2.33. The number of nitrogens with zero attached hydrogens (tertiary/aromatic N) is 3. The van der Waals surface area contributed by atoms with Crippen LogP contribution in [0.4, 0.5) is 32.0 Å². The summed E-state index contributed by atoms with van der Waals surface area (Å²) in [4.78, 5) is 12.3. The van der Waals surface area contributed by atoms with Crippen LogP contribution >= 0.6 is 0 Å². The summed E-state index contributed by atoms with van der Waals surface area (Å²) in [6.07, 6.45) is -5.02. The van der Waals surface area contributed by atoms with E-state index >= 15 is 0 Å². The number of alkyl halides is 5. The standard InChI is InChI=1S/C17H10F6N4O2/c18-9-4-6-11(7-5-9)27-14(17(21,22)23)13(25-26-27)15(28)24-10-2-1-3-12(8-10)29-16(19)20/h1-8,16H,(H,24,28). The van der Waals surface area contributed by atoms with E-state index in [1.54, 1.807) is 0 Å². The van der Waals surface area contributed by atoms with Crippen molar-refractivity contribution < 1.29 is 35.9 Å². The molecule has 1 heterocycles. The minimum absolute atomic E-state index is 0.0994. The van der Waals surface area contributed by atoms with E-state index in [2.05, 4.69) is 20.4 Å². The van der Waals surface area contributed by atoms with Gasteiger partial charge in [0.05, 0.1) is 5.69 Å². The monoisotopic (exact) mass is 416 g/mol. The van der Waals surface area contributed by atoms with Crippen molar-refractivity contribution in [2.75, 3.05) is 5.32 Å². The minimum Gasteiger partial charge on any atom is -0.435 e. The largest absolute Gasteiger partial charge is 0.435 e. The van der Waals surface area contributed by atoms with E-state index < -0.39 is 35.9 Å². The summed E-state index contributed by atoms with van der Waals surface area (Å²) in [5.41, 5.74) is -2.81. The van der Waals surface area contributed by atoms with Crippen molar-refractivity contribution in [3.8, 4) is 11.4 Å². The van der Waals surface area contributed by atoms with Gasteiger partial charge in [-0.2, -0.15) is 22.0 Å². The minimum atomic E-state index is -5.02. The lowest BCUT2D eigenvalue weighted by Gasteiger charge is -2.12. The zero-order chi connectivity index (χ0) is 21.2. The fraction of sp³-hybridized carbons (Fsp3) is 0.118. The Morgan fingerprint density at radius 1 is 1.10 bits per heavy atom. The number of rotatable bonds is 5. The predicted molar refractivity (Wildman–Crippen MR) is 87.3 cm³/mol. The summed E-state index contributed by atoms with van der Waals surface area (Å²) in [5, 5.41) is 8.74. The smallest absolute Gasteiger partial charge is 0.435 e. The summed E-state index contributed by atoms with van der Waals surface area (Å²) in [5.74, 6) is -2.25. The summed E-state index contributed by atoms with van der Waals surface area (Å²) < 4.78 is 82.8. The molecule has 1 N–H and O–H groups in total. The molecule has 12 heteroatoms. The quantitative estimate of drug-likeness (QED) is 0.631. The van der Waals surface area contributed by atoms with Crippen molar-refractivity contribution in [3.05, 3.63) is 65.7 Å². The molecule has 0 unspecified atom stereocenters. The van der Waals surface area contributed by atoms with Gasteiger partial charge in [0.2, 0.25) is 0 Å². The lowest BCUT2D eigenvalue weighted by atomic mass is 10.2. The highest BCUT2D eigenvalue weighted by Gasteiger charge is 2.42. The van der Waals surface area contributed by atoms with Crippen molar-refractivity contribution in [2.24, 2.45) is 0 Å². The summed E-state index contributed by atoms with van der Waals surface area (Å²) in [6.45, 7) is -3.12. The van der Waals surface area contributed by atoms with Crippen molar-refractivity contribution in [1.82, 2.24) is 15.0 Å². The first-order valence-corrected chi connectivity index (χ1v) is 7.80. The maximum Gasteiger partial charge on any atom is 0.435 e. The van der Waals surface area contributed by atoms with Crippen LogP contribution in [0.15, 0.2) is 48.5 Å². The predicted octanol–water partition coefficient (Wildman–Crippen LogP) is 4.28. The number of hydrogen-bond donors (Lipinski definition) is 1. The van der Waals surface area contributed by atoms with Crippen molar-refractivity contribution >= 4 is 11.6 Å². The van der Waals surface area contributed by atoms with Gasteiger partial charge >= 0.3 is 12.8 Å². The Kier molecular flexibility index (Phi) is 5.43. The average Bonchev–Trinajstić information content (AvgIpc) is 3.08. The normalized spacial score (nSPS) is 11.6. The van der Waals surface area contributed by atoms with Crippen molar-refractivity contribution in [1.29, 1.82) is 0 Å². The van der Waals surface area contributed by atoms with Gasteiger partial charge in [0.25, 0.3) is 5.91 Å². The third-order valence-corrected chi connectivity index (χ3v) is 3.54. The molecule has 0 saturated heterocycles. The van der Waals surface area contributed by atoms with Crippen LogP contribution in [0.2, 0.25) is 0 Å². The summed E-state index contributed by atoms with van der Waals surface area (Å²) in [6, 6.07) is 8.60. The van der Waals surface area contributed by atoms with Crippen LogP contribution < -0.4 is 10.1 Å². The van der Waals surface area contributed by atoms with Crippen LogP contribution in [-0.2, 0) is 6.18 Å².